The molecule has 30 heavy (non-hydrogen) atoms. The molecule has 1 unspecified atom stereocenters. The minimum atomic E-state index is -1.65. The number of carbonyl (C=O) groups is 2. The Labute approximate surface area is 170 Å². The predicted octanol–water partition coefficient (Wildman–Crippen LogP) is 2.36. The van der Waals surface area contributed by atoms with Gasteiger partial charge in [-0.15, -0.1) is 0 Å². The first-order valence-electron chi connectivity index (χ1n) is 9.61. The van der Waals surface area contributed by atoms with Gasteiger partial charge in [-0.3, -0.25) is 9.59 Å². The number of hydrogen-bond donors (Lipinski definition) is 1. The van der Waals surface area contributed by atoms with E-state index < -0.39 is 17.5 Å². The van der Waals surface area contributed by atoms with Crippen LogP contribution >= 0.6 is 0 Å². The Morgan fingerprint density at radius 1 is 1.30 bits per heavy atom. The molecular formula is C22H18N2O6. The topological polar surface area (TPSA) is 108 Å². The SMILES string of the molecule is CCC1(OC(C)=O)C(=O)OCc2c1cc1n(c2=O)Cc2cc3cc(O)ccc3nc2-1. The molecule has 8 heteroatoms. The molecule has 0 fully saturated rings. The minimum Gasteiger partial charge on any atom is -0.508 e. The fourth-order valence-electron chi connectivity index (χ4n) is 4.38. The number of aromatic hydroxyl groups is 1. The van der Waals surface area contributed by atoms with Crippen molar-refractivity contribution >= 4 is 22.8 Å². The summed E-state index contributed by atoms with van der Waals surface area (Å²) in [6, 6.07) is 8.49. The lowest BCUT2D eigenvalue weighted by Gasteiger charge is -2.35. The Hall–Kier alpha value is -3.68. The molecule has 0 aliphatic carbocycles. The van der Waals surface area contributed by atoms with Crippen molar-refractivity contribution in [3.8, 4) is 17.1 Å². The lowest BCUT2D eigenvalue weighted by Crippen LogP contribution is -2.47. The van der Waals surface area contributed by atoms with E-state index in [0.29, 0.717) is 34.6 Å². The van der Waals surface area contributed by atoms with Crippen molar-refractivity contribution in [1.82, 2.24) is 9.55 Å². The van der Waals surface area contributed by atoms with E-state index >= 15 is 0 Å². The first kappa shape index (κ1) is 18.4. The minimum absolute atomic E-state index is 0.136. The number of nitrogens with zero attached hydrogens (tertiary/aromatic N) is 2. The van der Waals surface area contributed by atoms with Gasteiger partial charge in [-0.1, -0.05) is 6.92 Å². The second-order valence-electron chi connectivity index (χ2n) is 7.54. The highest BCUT2D eigenvalue weighted by atomic mass is 16.6. The summed E-state index contributed by atoms with van der Waals surface area (Å²) < 4.78 is 12.3. The Morgan fingerprint density at radius 3 is 2.83 bits per heavy atom. The lowest BCUT2D eigenvalue weighted by molar-refractivity contribution is -0.188. The monoisotopic (exact) mass is 406 g/mol. The number of phenols is 1. The van der Waals surface area contributed by atoms with Gasteiger partial charge in [0.1, 0.15) is 12.4 Å². The third kappa shape index (κ3) is 2.39. The van der Waals surface area contributed by atoms with E-state index in [1.54, 1.807) is 35.8 Å². The van der Waals surface area contributed by atoms with Crippen LogP contribution in [0, 0.1) is 0 Å². The van der Waals surface area contributed by atoms with E-state index in [4.69, 9.17) is 9.47 Å². The van der Waals surface area contributed by atoms with Gasteiger partial charge in [-0.05, 0) is 36.8 Å². The van der Waals surface area contributed by atoms with Crippen molar-refractivity contribution in [2.24, 2.45) is 0 Å². The molecular weight excluding hydrogens is 388 g/mol. The number of benzene rings is 1. The summed E-state index contributed by atoms with van der Waals surface area (Å²) in [4.78, 5) is 42.4. The van der Waals surface area contributed by atoms with Crippen molar-refractivity contribution in [1.29, 1.82) is 0 Å². The maximum atomic E-state index is 13.3. The van der Waals surface area contributed by atoms with Crippen molar-refractivity contribution in [3.05, 3.63) is 57.4 Å². The van der Waals surface area contributed by atoms with E-state index in [1.807, 2.05) is 6.07 Å². The van der Waals surface area contributed by atoms with Crippen LogP contribution in [0.5, 0.6) is 5.75 Å². The summed E-state index contributed by atoms with van der Waals surface area (Å²) in [5.74, 6) is -1.18. The molecule has 0 saturated heterocycles. The number of pyridine rings is 2. The van der Waals surface area contributed by atoms with Gasteiger partial charge >= 0.3 is 11.9 Å². The normalized spacial score (nSPS) is 19.1. The molecule has 0 spiro atoms. The van der Waals surface area contributed by atoms with Crippen molar-refractivity contribution in [3.63, 3.8) is 0 Å². The fraction of sp³-hybridized carbons (Fsp3) is 0.273. The molecule has 2 aliphatic heterocycles. The van der Waals surface area contributed by atoms with Crippen LogP contribution in [0.1, 0.15) is 37.0 Å². The molecule has 8 nitrogen and oxygen atoms in total. The molecule has 1 atom stereocenters. The van der Waals surface area contributed by atoms with Crippen LogP contribution in [-0.2, 0) is 37.8 Å². The second kappa shape index (κ2) is 6.16. The quantitative estimate of drug-likeness (QED) is 0.509. The molecule has 4 heterocycles. The van der Waals surface area contributed by atoms with Crippen molar-refractivity contribution < 1.29 is 24.2 Å². The Morgan fingerprint density at radius 2 is 2.10 bits per heavy atom. The van der Waals surface area contributed by atoms with Gasteiger partial charge in [0.05, 0.1) is 29.0 Å². The largest absolute Gasteiger partial charge is 0.508 e. The van der Waals surface area contributed by atoms with Gasteiger partial charge in [0.2, 0.25) is 5.60 Å². The van der Waals surface area contributed by atoms with E-state index in [0.717, 1.165) is 10.9 Å². The highest BCUT2D eigenvalue weighted by molar-refractivity contribution is 5.88. The molecule has 2 aromatic heterocycles. The van der Waals surface area contributed by atoms with Crippen LogP contribution in [0.3, 0.4) is 0 Å². The number of phenolic OH excluding ortho intramolecular Hbond substituents is 1. The molecule has 1 aromatic carbocycles. The van der Waals surface area contributed by atoms with Crippen LogP contribution in [0.15, 0.2) is 35.1 Å². The van der Waals surface area contributed by atoms with E-state index in [-0.39, 0.29) is 24.3 Å². The third-order valence-corrected chi connectivity index (χ3v) is 5.78. The molecule has 5 rings (SSSR count). The predicted molar refractivity (Wildman–Crippen MR) is 106 cm³/mol. The Kier molecular flexibility index (Phi) is 3.77. The second-order valence-corrected chi connectivity index (χ2v) is 7.54. The molecule has 152 valence electrons. The van der Waals surface area contributed by atoms with E-state index in [9.17, 15) is 19.5 Å². The molecule has 0 saturated carbocycles. The van der Waals surface area contributed by atoms with Crippen molar-refractivity contribution in [2.75, 3.05) is 0 Å². The summed E-state index contributed by atoms with van der Waals surface area (Å²) in [5, 5.41) is 10.5. The fourth-order valence-corrected chi connectivity index (χ4v) is 4.38. The average molecular weight is 406 g/mol. The Balaban J connectivity index is 1.78. The summed E-state index contributed by atoms with van der Waals surface area (Å²) >= 11 is 0. The van der Waals surface area contributed by atoms with Gasteiger partial charge in [0.15, 0.2) is 0 Å². The first-order valence-corrected chi connectivity index (χ1v) is 9.61. The summed E-state index contributed by atoms with van der Waals surface area (Å²) in [7, 11) is 0. The summed E-state index contributed by atoms with van der Waals surface area (Å²) in [6.45, 7) is 3.07. The van der Waals surface area contributed by atoms with E-state index in [2.05, 4.69) is 4.98 Å². The van der Waals surface area contributed by atoms with Crippen LogP contribution < -0.4 is 5.56 Å². The maximum Gasteiger partial charge on any atom is 0.355 e. The number of cyclic esters (lactones) is 1. The van der Waals surface area contributed by atoms with Crippen LogP contribution in [0.4, 0.5) is 0 Å². The molecule has 0 bridgehead atoms. The van der Waals surface area contributed by atoms with Gasteiger partial charge < -0.3 is 19.1 Å². The lowest BCUT2D eigenvalue weighted by atomic mass is 9.85. The number of esters is 2. The van der Waals surface area contributed by atoms with E-state index in [1.165, 1.54) is 6.92 Å². The highest BCUT2D eigenvalue weighted by Gasteiger charge is 2.50. The number of rotatable bonds is 2. The molecule has 1 N–H and O–H groups in total. The van der Waals surface area contributed by atoms with Crippen LogP contribution in [-0.4, -0.2) is 26.6 Å². The van der Waals surface area contributed by atoms with Gasteiger partial charge in [0, 0.05) is 23.4 Å². The number of hydrogen-bond acceptors (Lipinski definition) is 7. The zero-order chi connectivity index (χ0) is 21.2. The summed E-state index contributed by atoms with van der Waals surface area (Å²) in [5.41, 5.74) is 1.39. The smallest absolute Gasteiger partial charge is 0.355 e. The number of ether oxygens (including phenoxy) is 2. The third-order valence-electron chi connectivity index (χ3n) is 5.78. The highest BCUT2D eigenvalue weighted by Crippen LogP contribution is 2.41. The zero-order valence-corrected chi connectivity index (χ0v) is 16.4. The Bertz CT molecular complexity index is 1330. The first-order chi connectivity index (χ1) is 14.3. The zero-order valence-electron chi connectivity index (χ0n) is 16.4. The van der Waals surface area contributed by atoms with Crippen LogP contribution in [0.25, 0.3) is 22.3 Å². The van der Waals surface area contributed by atoms with Gasteiger partial charge in [-0.25, -0.2) is 9.78 Å². The number of fused-ring (bicyclic) bond motifs is 5. The van der Waals surface area contributed by atoms with Gasteiger partial charge in [0.25, 0.3) is 5.56 Å². The molecule has 3 aromatic rings. The van der Waals surface area contributed by atoms with Gasteiger partial charge in [-0.2, -0.15) is 0 Å². The maximum absolute atomic E-state index is 13.3. The molecule has 0 amide bonds. The van der Waals surface area contributed by atoms with Crippen LogP contribution in [0.2, 0.25) is 0 Å². The number of carbonyl (C=O) groups excluding carboxylic acids is 2. The molecule has 2 aliphatic rings. The van der Waals surface area contributed by atoms with Crippen molar-refractivity contribution in [2.45, 2.75) is 39.0 Å². The molecule has 0 radical (unpaired) electrons. The standard InChI is InChI=1S/C22H18N2O6/c1-3-22(30-11(2)25)16-8-18-19-13(6-12-7-14(26)4-5-17(12)23-19)9-24(18)20(27)15(16)10-29-21(22)28/h4-8,26H,3,9-10H2,1-2H3. The summed E-state index contributed by atoms with van der Waals surface area (Å²) in [6.07, 6.45) is 0.137. The average Bonchev–Trinajstić information content (AvgIpc) is 3.06. The number of aromatic nitrogens is 2.